The van der Waals surface area contributed by atoms with Gasteiger partial charge in [-0.05, 0) is 38.3 Å². The molecule has 0 saturated heterocycles. The van der Waals surface area contributed by atoms with Crippen LogP contribution < -0.4 is 10.1 Å². The van der Waals surface area contributed by atoms with Crippen molar-refractivity contribution in [1.82, 2.24) is 15.5 Å². The maximum absolute atomic E-state index is 12.3. The monoisotopic (exact) mass is 355 g/mol. The van der Waals surface area contributed by atoms with Gasteiger partial charge in [0, 0.05) is 23.4 Å². The molecule has 1 fully saturated rings. The minimum atomic E-state index is -4.48. The smallest absolute Gasteiger partial charge is 0.397 e. The first-order chi connectivity index (χ1) is 11.8. The van der Waals surface area contributed by atoms with Gasteiger partial charge in [-0.25, -0.2) is 0 Å². The number of halogens is 3. The lowest BCUT2D eigenvalue weighted by Crippen LogP contribution is -2.42. The van der Waals surface area contributed by atoms with Crippen molar-refractivity contribution in [3.05, 3.63) is 23.9 Å². The number of ether oxygens (including phenoxy) is 1. The Morgan fingerprint density at radius 3 is 2.96 bits per heavy atom. The number of carbonyl (C=O) groups excluding carboxylic acids is 1. The Bertz CT molecular complexity index is 757. The highest BCUT2D eigenvalue weighted by Gasteiger charge is 2.33. The van der Waals surface area contributed by atoms with Gasteiger partial charge in [0.05, 0.1) is 11.7 Å². The highest BCUT2D eigenvalue weighted by atomic mass is 19.4. The highest BCUT2D eigenvalue weighted by molar-refractivity contribution is 5.83. The average molecular weight is 355 g/mol. The van der Waals surface area contributed by atoms with Crippen LogP contribution in [-0.4, -0.2) is 34.4 Å². The van der Waals surface area contributed by atoms with Gasteiger partial charge in [-0.3, -0.25) is 9.89 Å². The fraction of sp³-hybridized carbons (Fsp3) is 0.529. The summed E-state index contributed by atoms with van der Waals surface area (Å²) in [7, 11) is 0. The lowest BCUT2D eigenvalue weighted by Gasteiger charge is -2.30. The Morgan fingerprint density at radius 2 is 2.20 bits per heavy atom. The first kappa shape index (κ1) is 17.6. The molecule has 5 nitrogen and oxygen atoms in total. The van der Waals surface area contributed by atoms with E-state index in [4.69, 9.17) is 4.74 Å². The molecule has 0 unspecified atom stereocenters. The number of benzene rings is 1. The summed E-state index contributed by atoms with van der Waals surface area (Å²) in [6, 6.07) is 3.46. The summed E-state index contributed by atoms with van der Waals surface area (Å²) in [5.41, 5.74) is 1.89. The predicted molar refractivity (Wildman–Crippen MR) is 86.3 cm³/mol. The summed E-state index contributed by atoms with van der Waals surface area (Å²) >= 11 is 0. The number of aryl methyl sites for hydroxylation is 1. The number of hydrogen-bond acceptors (Lipinski definition) is 3. The molecule has 1 aromatic heterocycles. The molecular weight excluding hydrogens is 335 g/mol. The molecule has 0 radical (unpaired) electrons. The fourth-order valence-electron chi connectivity index (χ4n) is 3.29. The van der Waals surface area contributed by atoms with Crippen LogP contribution in [0.4, 0.5) is 13.2 Å². The minimum Gasteiger partial charge on any atom is -0.490 e. The van der Waals surface area contributed by atoms with Gasteiger partial charge in [0.25, 0.3) is 0 Å². The van der Waals surface area contributed by atoms with Crippen molar-refractivity contribution in [2.45, 2.75) is 57.3 Å². The molecule has 8 heteroatoms. The van der Waals surface area contributed by atoms with Crippen LogP contribution in [0.1, 0.15) is 37.7 Å². The number of fused-ring (bicyclic) bond motifs is 1. The maximum atomic E-state index is 12.3. The van der Waals surface area contributed by atoms with E-state index in [1.54, 1.807) is 6.20 Å². The number of aromatic amines is 1. The zero-order valence-corrected chi connectivity index (χ0v) is 13.8. The van der Waals surface area contributed by atoms with E-state index in [9.17, 15) is 18.0 Å². The summed E-state index contributed by atoms with van der Waals surface area (Å²) in [5, 5.41) is 10.4. The lowest BCUT2D eigenvalue weighted by molar-refractivity contribution is -0.154. The molecule has 25 heavy (non-hydrogen) atoms. The topological polar surface area (TPSA) is 67.0 Å². The van der Waals surface area contributed by atoms with Gasteiger partial charge in [0.15, 0.2) is 0 Å². The third kappa shape index (κ3) is 4.43. The van der Waals surface area contributed by atoms with Crippen molar-refractivity contribution in [3.63, 3.8) is 0 Å². The van der Waals surface area contributed by atoms with Crippen molar-refractivity contribution in [2.24, 2.45) is 0 Å². The van der Waals surface area contributed by atoms with E-state index in [-0.39, 0.29) is 12.1 Å². The molecule has 0 spiro atoms. The molecule has 2 aromatic rings. The van der Waals surface area contributed by atoms with Gasteiger partial charge in [-0.2, -0.15) is 18.3 Å². The normalized spacial score (nSPS) is 21.3. The van der Waals surface area contributed by atoms with Gasteiger partial charge >= 0.3 is 6.18 Å². The number of nitrogens with zero attached hydrogens (tertiary/aromatic N) is 1. The van der Waals surface area contributed by atoms with Gasteiger partial charge < -0.3 is 10.1 Å². The Morgan fingerprint density at radius 1 is 1.40 bits per heavy atom. The van der Waals surface area contributed by atoms with Gasteiger partial charge in [-0.15, -0.1) is 0 Å². The predicted octanol–water partition coefficient (Wildman–Crippen LogP) is 3.63. The molecule has 1 heterocycles. The first-order valence-electron chi connectivity index (χ1n) is 8.27. The van der Waals surface area contributed by atoms with E-state index in [2.05, 4.69) is 15.5 Å². The van der Waals surface area contributed by atoms with Crippen LogP contribution in [0.3, 0.4) is 0 Å². The van der Waals surface area contributed by atoms with Crippen LogP contribution >= 0.6 is 0 Å². The van der Waals surface area contributed by atoms with Crippen LogP contribution in [0, 0.1) is 6.92 Å². The number of alkyl halides is 3. The standard InChI is InChI=1S/C17H20F3N3O2/c1-10-13-9-21-23-14(13)5-6-15(10)25-12-4-2-3-11(7-12)22-16(24)8-17(18,19)20/h5-6,9,11-12H,2-4,7-8H2,1H3,(H,21,23)(H,22,24)/t11-,12+/m0/s1. The number of rotatable bonds is 4. The second-order valence-corrected chi connectivity index (χ2v) is 6.48. The molecule has 3 rings (SSSR count). The number of hydrogen-bond donors (Lipinski definition) is 2. The number of amides is 1. The maximum Gasteiger partial charge on any atom is 0.397 e. The third-order valence-electron chi connectivity index (χ3n) is 4.49. The zero-order valence-electron chi connectivity index (χ0n) is 13.8. The molecule has 1 amide bonds. The summed E-state index contributed by atoms with van der Waals surface area (Å²) in [6.07, 6.45) is -1.53. The van der Waals surface area contributed by atoms with Crippen molar-refractivity contribution >= 4 is 16.8 Å². The van der Waals surface area contributed by atoms with Crippen LogP contribution in [0.2, 0.25) is 0 Å². The van der Waals surface area contributed by atoms with Gasteiger partial charge in [0.2, 0.25) is 5.91 Å². The molecule has 2 atom stereocenters. The van der Waals surface area contributed by atoms with E-state index in [0.717, 1.165) is 35.1 Å². The second-order valence-electron chi connectivity index (χ2n) is 6.48. The quantitative estimate of drug-likeness (QED) is 0.880. The van der Waals surface area contributed by atoms with Gasteiger partial charge in [-0.1, -0.05) is 0 Å². The molecule has 136 valence electrons. The summed E-state index contributed by atoms with van der Waals surface area (Å²) in [6.45, 7) is 1.94. The van der Waals surface area contributed by atoms with E-state index >= 15 is 0 Å². The van der Waals surface area contributed by atoms with Crippen LogP contribution in [-0.2, 0) is 4.79 Å². The molecule has 1 saturated carbocycles. The van der Waals surface area contributed by atoms with E-state index in [1.165, 1.54) is 0 Å². The van der Waals surface area contributed by atoms with E-state index in [0.29, 0.717) is 12.8 Å². The highest BCUT2D eigenvalue weighted by Crippen LogP contribution is 2.30. The molecule has 1 aliphatic rings. The Hall–Kier alpha value is -2.25. The summed E-state index contributed by atoms with van der Waals surface area (Å²) < 4.78 is 42.9. The average Bonchev–Trinajstić information content (AvgIpc) is 2.98. The molecule has 2 N–H and O–H groups in total. The van der Waals surface area contributed by atoms with Gasteiger partial charge in [0.1, 0.15) is 18.3 Å². The Balaban J connectivity index is 1.61. The second kappa shape index (κ2) is 6.93. The summed E-state index contributed by atoms with van der Waals surface area (Å²) in [5.74, 6) is -0.240. The van der Waals surface area contributed by atoms with Crippen molar-refractivity contribution in [3.8, 4) is 5.75 Å². The number of nitrogens with one attached hydrogen (secondary N) is 2. The first-order valence-corrected chi connectivity index (χ1v) is 8.27. The molecule has 1 aromatic carbocycles. The molecular formula is C17H20F3N3O2. The Labute approximate surface area is 142 Å². The third-order valence-corrected chi connectivity index (χ3v) is 4.49. The largest absolute Gasteiger partial charge is 0.490 e. The van der Waals surface area contributed by atoms with Crippen molar-refractivity contribution in [1.29, 1.82) is 0 Å². The van der Waals surface area contributed by atoms with Crippen molar-refractivity contribution < 1.29 is 22.7 Å². The van der Waals surface area contributed by atoms with E-state index in [1.807, 2.05) is 19.1 Å². The number of H-pyrrole nitrogens is 1. The Kier molecular flexibility index (Phi) is 4.87. The van der Waals surface area contributed by atoms with Crippen LogP contribution in [0.15, 0.2) is 18.3 Å². The fourth-order valence-corrected chi connectivity index (χ4v) is 3.29. The van der Waals surface area contributed by atoms with Crippen LogP contribution in [0.5, 0.6) is 5.75 Å². The SMILES string of the molecule is Cc1c(O[C@@H]2CCC[C@H](NC(=O)CC(F)(F)F)C2)ccc2[nH]ncc12. The number of aromatic nitrogens is 2. The number of carbonyl (C=O) groups is 1. The molecule has 1 aliphatic carbocycles. The molecule has 0 bridgehead atoms. The lowest BCUT2D eigenvalue weighted by atomic mass is 9.92. The minimum absolute atomic E-state index is 0.131. The zero-order chi connectivity index (χ0) is 18.0. The summed E-state index contributed by atoms with van der Waals surface area (Å²) in [4.78, 5) is 11.5. The van der Waals surface area contributed by atoms with Crippen LogP contribution in [0.25, 0.3) is 10.9 Å². The molecule has 0 aliphatic heterocycles. The van der Waals surface area contributed by atoms with Crippen molar-refractivity contribution in [2.75, 3.05) is 0 Å². The van der Waals surface area contributed by atoms with E-state index < -0.39 is 18.5 Å².